The van der Waals surface area contributed by atoms with Gasteiger partial charge in [-0.15, -0.1) is 5.10 Å². The molecule has 0 spiro atoms. The fourth-order valence-electron chi connectivity index (χ4n) is 3.01. The maximum Gasteiger partial charge on any atom is 0.249 e. The van der Waals surface area contributed by atoms with Crippen molar-refractivity contribution >= 4 is 34.0 Å². The molecule has 0 radical (unpaired) electrons. The Morgan fingerprint density at radius 2 is 1.79 bits per heavy atom. The topological polar surface area (TPSA) is 94.1 Å². The molecule has 1 aliphatic heterocycles. The smallest absolute Gasteiger partial charge is 0.249 e. The van der Waals surface area contributed by atoms with E-state index in [0.717, 1.165) is 28.0 Å². The monoisotopic (exact) mass is 372 g/mol. The van der Waals surface area contributed by atoms with E-state index in [0.29, 0.717) is 30.7 Å². The summed E-state index contributed by atoms with van der Waals surface area (Å²) < 4.78 is 11.2. The lowest BCUT2D eigenvalue weighted by Gasteiger charge is -2.19. The molecule has 2 aromatic heterocycles. The van der Waals surface area contributed by atoms with Crippen LogP contribution >= 0.6 is 0 Å². The van der Waals surface area contributed by atoms with Crippen LogP contribution in [0.3, 0.4) is 0 Å². The second-order valence-electron chi connectivity index (χ2n) is 6.15. The number of hydrogen-bond donors (Lipinski definition) is 2. The molecule has 0 aliphatic carbocycles. The van der Waals surface area contributed by atoms with Gasteiger partial charge in [-0.1, -0.05) is 18.2 Å². The minimum atomic E-state index is 0.376. The number of rotatable bonds is 4. The first kappa shape index (κ1) is 16.2. The number of ether oxygens (including phenoxy) is 2. The molecule has 0 saturated heterocycles. The van der Waals surface area contributed by atoms with Gasteiger partial charge in [0.2, 0.25) is 5.95 Å². The van der Waals surface area contributed by atoms with Crippen molar-refractivity contribution in [2.75, 3.05) is 23.8 Å². The number of pyridine rings is 1. The van der Waals surface area contributed by atoms with Gasteiger partial charge in [-0.05, 0) is 24.3 Å². The Hall–Kier alpha value is -3.94. The number of nitrogens with one attached hydrogen (secondary N) is 2. The minimum absolute atomic E-state index is 0.376. The summed E-state index contributed by atoms with van der Waals surface area (Å²) in [6.45, 7) is 1.10. The minimum Gasteiger partial charge on any atom is -0.486 e. The van der Waals surface area contributed by atoms with E-state index in [1.54, 1.807) is 12.4 Å². The molecule has 5 rings (SSSR count). The van der Waals surface area contributed by atoms with Gasteiger partial charge < -0.3 is 20.1 Å². The van der Waals surface area contributed by atoms with Gasteiger partial charge in [0, 0.05) is 23.3 Å². The third-order valence-electron chi connectivity index (χ3n) is 4.25. The van der Waals surface area contributed by atoms with Gasteiger partial charge in [0.05, 0.1) is 17.4 Å². The maximum atomic E-state index is 5.61. The van der Waals surface area contributed by atoms with Crippen molar-refractivity contribution in [3.63, 3.8) is 0 Å². The Morgan fingerprint density at radius 3 is 2.75 bits per heavy atom. The standard InChI is InChI=1S/C20H16N6O2/c1-3-13-4-2-8-21-19(13)15(5-1)24-20-25-18(12-22-26-20)23-14-6-7-16-17(11-14)28-10-9-27-16/h1-8,11-12H,9-10H2,(H2,23,24,25,26). The third kappa shape index (κ3) is 3.23. The molecule has 1 aliphatic rings. The van der Waals surface area contributed by atoms with E-state index in [2.05, 4.69) is 30.8 Å². The molecule has 2 N–H and O–H groups in total. The summed E-state index contributed by atoms with van der Waals surface area (Å²) in [4.78, 5) is 8.92. The maximum absolute atomic E-state index is 5.61. The Labute approximate surface area is 160 Å². The Balaban J connectivity index is 1.39. The molecule has 0 amide bonds. The van der Waals surface area contributed by atoms with Gasteiger partial charge in [-0.3, -0.25) is 4.98 Å². The van der Waals surface area contributed by atoms with E-state index < -0.39 is 0 Å². The van der Waals surface area contributed by atoms with Crippen LogP contribution in [-0.4, -0.2) is 33.4 Å². The molecular formula is C20H16N6O2. The van der Waals surface area contributed by atoms with Crippen LogP contribution in [-0.2, 0) is 0 Å². The molecule has 0 saturated carbocycles. The fourth-order valence-corrected chi connectivity index (χ4v) is 3.01. The average molecular weight is 372 g/mol. The lowest BCUT2D eigenvalue weighted by atomic mass is 10.2. The molecule has 3 heterocycles. The zero-order chi connectivity index (χ0) is 18.8. The molecule has 28 heavy (non-hydrogen) atoms. The summed E-state index contributed by atoms with van der Waals surface area (Å²) in [6.07, 6.45) is 3.32. The number of benzene rings is 2. The third-order valence-corrected chi connectivity index (χ3v) is 4.25. The predicted octanol–water partition coefficient (Wildman–Crippen LogP) is 3.68. The summed E-state index contributed by atoms with van der Waals surface area (Å²) in [5.41, 5.74) is 2.48. The number of hydrogen-bond acceptors (Lipinski definition) is 8. The molecule has 0 unspecified atom stereocenters. The van der Waals surface area contributed by atoms with Crippen LogP contribution in [0.4, 0.5) is 23.1 Å². The zero-order valence-corrected chi connectivity index (χ0v) is 14.8. The first-order chi connectivity index (χ1) is 13.8. The van der Waals surface area contributed by atoms with Crippen molar-refractivity contribution < 1.29 is 9.47 Å². The summed E-state index contributed by atoms with van der Waals surface area (Å²) in [6, 6.07) is 15.4. The van der Waals surface area contributed by atoms with Gasteiger partial charge >= 0.3 is 0 Å². The second kappa shape index (κ2) is 6.99. The summed E-state index contributed by atoms with van der Waals surface area (Å²) in [5, 5.41) is 15.5. The van der Waals surface area contributed by atoms with Crippen molar-refractivity contribution in [1.82, 2.24) is 20.2 Å². The molecule has 0 atom stereocenters. The van der Waals surface area contributed by atoms with Crippen molar-refractivity contribution in [2.45, 2.75) is 0 Å². The van der Waals surface area contributed by atoms with Crippen LogP contribution in [0.25, 0.3) is 10.9 Å². The first-order valence-corrected chi connectivity index (χ1v) is 8.82. The molecule has 2 aromatic carbocycles. The van der Waals surface area contributed by atoms with Crippen LogP contribution in [0.1, 0.15) is 0 Å². The highest BCUT2D eigenvalue weighted by Gasteiger charge is 2.12. The first-order valence-electron chi connectivity index (χ1n) is 8.82. The second-order valence-corrected chi connectivity index (χ2v) is 6.15. The van der Waals surface area contributed by atoms with Crippen LogP contribution in [0.15, 0.2) is 60.9 Å². The summed E-state index contributed by atoms with van der Waals surface area (Å²) in [5.74, 6) is 2.38. The lowest BCUT2D eigenvalue weighted by Crippen LogP contribution is -2.15. The highest BCUT2D eigenvalue weighted by Crippen LogP contribution is 2.33. The summed E-state index contributed by atoms with van der Waals surface area (Å²) in [7, 11) is 0. The van der Waals surface area contributed by atoms with Crippen molar-refractivity contribution in [2.24, 2.45) is 0 Å². The van der Waals surface area contributed by atoms with Gasteiger partial charge in [0.15, 0.2) is 17.3 Å². The van der Waals surface area contributed by atoms with Gasteiger partial charge in [0.25, 0.3) is 0 Å². The van der Waals surface area contributed by atoms with E-state index in [1.165, 1.54) is 0 Å². The lowest BCUT2D eigenvalue weighted by molar-refractivity contribution is 0.171. The van der Waals surface area contributed by atoms with Gasteiger partial charge in [0.1, 0.15) is 13.2 Å². The molecule has 138 valence electrons. The van der Waals surface area contributed by atoms with E-state index in [-0.39, 0.29) is 0 Å². The highest BCUT2D eigenvalue weighted by atomic mass is 16.6. The van der Waals surface area contributed by atoms with Crippen LogP contribution in [0.2, 0.25) is 0 Å². The van der Waals surface area contributed by atoms with E-state index >= 15 is 0 Å². The van der Waals surface area contributed by atoms with Crippen LogP contribution in [0, 0.1) is 0 Å². The number of aromatic nitrogens is 4. The summed E-state index contributed by atoms with van der Waals surface area (Å²) >= 11 is 0. The van der Waals surface area contributed by atoms with Crippen molar-refractivity contribution in [3.8, 4) is 11.5 Å². The molecule has 0 fully saturated rings. The number of para-hydroxylation sites is 1. The van der Waals surface area contributed by atoms with Gasteiger partial charge in [-0.25, -0.2) is 0 Å². The zero-order valence-electron chi connectivity index (χ0n) is 14.8. The molecular weight excluding hydrogens is 356 g/mol. The predicted molar refractivity (Wildman–Crippen MR) is 106 cm³/mol. The number of anilines is 4. The van der Waals surface area contributed by atoms with E-state index in [9.17, 15) is 0 Å². The molecule has 0 bridgehead atoms. The quantitative estimate of drug-likeness (QED) is 0.560. The van der Waals surface area contributed by atoms with Crippen molar-refractivity contribution in [1.29, 1.82) is 0 Å². The number of nitrogens with zero attached hydrogens (tertiary/aromatic N) is 4. The number of fused-ring (bicyclic) bond motifs is 2. The SMILES string of the molecule is c1cnc2c(Nc3nncc(Nc4ccc5c(c4)OCCO5)n3)cccc2c1. The fraction of sp³-hybridized carbons (Fsp3) is 0.100. The van der Waals surface area contributed by atoms with E-state index in [1.807, 2.05) is 48.5 Å². The Bertz CT molecular complexity index is 1150. The Morgan fingerprint density at radius 1 is 0.893 bits per heavy atom. The molecule has 8 heteroatoms. The van der Waals surface area contributed by atoms with Crippen LogP contribution in [0.5, 0.6) is 11.5 Å². The average Bonchev–Trinajstić information content (AvgIpc) is 2.74. The largest absolute Gasteiger partial charge is 0.486 e. The molecule has 8 nitrogen and oxygen atoms in total. The highest BCUT2D eigenvalue weighted by molar-refractivity contribution is 5.91. The normalized spacial score (nSPS) is 12.6. The van der Waals surface area contributed by atoms with Crippen LogP contribution < -0.4 is 20.1 Å². The molecule has 4 aromatic rings. The van der Waals surface area contributed by atoms with E-state index in [4.69, 9.17) is 9.47 Å². The van der Waals surface area contributed by atoms with Gasteiger partial charge in [-0.2, -0.15) is 10.1 Å². The Kier molecular flexibility index (Phi) is 4.06. The van der Waals surface area contributed by atoms with Crippen molar-refractivity contribution in [3.05, 3.63) is 60.9 Å².